The normalized spacial score (nSPS) is 14.5. The molecule has 1 fully saturated rings. The fourth-order valence-corrected chi connectivity index (χ4v) is 3.00. The maximum atomic E-state index is 4.75. The van der Waals surface area contributed by atoms with E-state index in [1.165, 1.54) is 19.2 Å². The summed E-state index contributed by atoms with van der Waals surface area (Å²) in [5.41, 5.74) is 1.10. The summed E-state index contributed by atoms with van der Waals surface area (Å²) >= 11 is 1.57. The maximum Gasteiger partial charge on any atom is 0.213 e. The average Bonchev–Trinajstić information content (AvgIpc) is 3.08. The van der Waals surface area contributed by atoms with Crippen LogP contribution >= 0.6 is 11.8 Å². The van der Waals surface area contributed by atoms with Crippen LogP contribution in [0.1, 0.15) is 30.4 Å². The molecule has 0 bridgehead atoms. The Labute approximate surface area is 125 Å². The highest BCUT2D eigenvalue weighted by atomic mass is 32.2. The summed E-state index contributed by atoms with van der Waals surface area (Å²) in [6.07, 6.45) is 3.73. The van der Waals surface area contributed by atoms with Gasteiger partial charge in [0.15, 0.2) is 11.0 Å². The number of thioether (sulfide) groups is 1. The highest BCUT2D eigenvalue weighted by molar-refractivity contribution is 7.98. The Hall–Kier alpha value is -2.15. The molecule has 1 aliphatic carbocycles. The molecule has 0 unspecified atom stereocenters. The van der Waals surface area contributed by atoms with E-state index >= 15 is 0 Å². The monoisotopic (exact) mass is 299 g/mol. The molecule has 0 aliphatic heterocycles. The van der Waals surface area contributed by atoms with Crippen LogP contribution in [0.4, 0.5) is 0 Å². The summed E-state index contributed by atoms with van der Waals surface area (Å²) in [4.78, 5) is 4.03. The van der Waals surface area contributed by atoms with Crippen molar-refractivity contribution in [3.8, 4) is 5.69 Å². The Bertz CT molecular complexity index is 721. The van der Waals surface area contributed by atoms with Gasteiger partial charge in [0.2, 0.25) is 6.39 Å². The van der Waals surface area contributed by atoms with E-state index in [-0.39, 0.29) is 0 Å². The Morgan fingerprint density at radius 2 is 2.05 bits per heavy atom. The molecule has 6 nitrogen and oxygen atoms in total. The molecule has 4 rings (SSSR count). The zero-order chi connectivity index (χ0) is 14.1. The summed E-state index contributed by atoms with van der Waals surface area (Å²) in [5, 5.41) is 13.4. The van der Waals surface area contributed by atoms with E-state index in [0.717, 1.165) is 16.7 Å². The number of rotatable bonds is 5. The lowest BCUT2D eigenvalue weighted by atomic mass is 10.3. The van der Waals surface area contributed by atoms with Crippen molar-refractivity contribution in [3.63, 3.8) is 0 Å². The highest BCUT2D eigenvalue weighted by Gasteiger charge is 2.31. The van der Waals surface area contributed by atoms with E-state index in [2.05, 4.69) is 37.0 Å². The molecule has 0 radical (unpaired) electrons. The lowest BCUT2D eigenvalue weighted by Gasteiger charge is -2.08. The predicted octanol–water partition coefficient (Wildman–Crippen LogP) is 2.82. The lowest BCUT2D eigenvalue weighted by Crippen LogP contribution is -2.01. The van der Waals surface area contributed by atoms with Crippen molar-refractivity contribution < 1.29 is 4.52 Å². The van der Waals surface area contributed by atoms with Gasteiger partial charge in [0.05, 0.1) is 5.75 Å². The number of hydrogen-bond acceptors (Lipinski definition) is 6. The van der Waals surface area contributed by atoms with E-state index in [4.69, 9.17) is 4.52 Å². The van der Waals surface area contributed by atoms with Gasteiger partial charge in [-0.2, -0.15) is 4.98 Å². The molecule has 1 aliphatic rings. The maximum absolute atomic E-state index is 4.75. The third kappa shape index (κ3) is 2.56. The summed E-state index contributed by atoms with van der Waals surface area (Å²) in [6.45, 7) is 0. The number of para-hydroxylation sites is 1. The minimum atomic E-state index is 0.539. The molecule has 21 heavy (non-hydrogen) atoms. The standard InChI is InChI=1S/C14H13N5OS/c1-2-4-11(5-3-1)19-13(10-6-7-10)16-17-14(19)21-8-12-15-9-20-18-12/h1-5,9-10H,6-8H2. The Kier molecular flexibility index (Phi) is 3.19. The number of benzene rings is 1. The lowest BCUT2D eigenvalue weighted by molar-refractivity contribution is 0.412. The van der Waals surface area contributed by atoms with Crippen molar-refractivity contribution in [3.05, 3.63) is 48.4 Å². The van der Waals surface area contributed by atoms with Crippen LogP contribution < -0.4 is 0 Å². The first kappa shape index (κ1) is 12.6. The first-order valence-electron chi connectivity index (χ1n) is 6.80. The van der Waals surface area contributed by atoms with Gasteiger partial charge < -0.3 is 4.52 Å². The molecule has 7 heteroatoms. The number of hydrogen-bond donors (Lipinski definition) is 0. The fraction of sp³-hybridized carbons (Fsp3) is 0.286. The second-order valence-corrected chi connectivity index (χ2v) is 5.86. The van der Waals surface area contributed by atoms with Crippen molar-refractivity contribution in [2.45, 2.75) is 29.7 Å². The van der Waals surface area contributed by atoms with Gasteiger partial charge in [0.25, 0.3) is 0 Å². The first-order chi connectivity index (χ1) is 10.4. The summed E-state index contributed by atoms with van der Waals surface area (Å²) in [7, 11) is 0. The van der Waals surface area contributed by atoms with Crippen LogP contribution in [0.15, 0.2) is 46.4 Å². The molecule has 1 saturated carbocycles. The van der Waals surface area contributed by atoms with Crippen LogP contribution in [-0.4, -0.2) is 24.9 Å². The molecule has 0 saturated heterocycles. The second kappa shape index (κ2) is 5.33. The molecule has 2 heterocycles. The van der Waals surface area contributed by atoms with Crippen molar-refractivity contribution in [2.75, 3.05) is 0 Å². The van der Waals surface area contributed by atoms with Crippen LogP contribution in [0.3, 0.4) is 0 Å². The first-order valence-corrected chi connectivity index (χ1v) is 7.79. The smallest absolute Gasteiger partial charge is 0.213 e. The van der Waals surface area contributed by atoms with Crippen LogP contribution in [0.5, 0.6) is 0 Å². The van der Waals surface area contributed by atoms with E-state index in [0.29, 0.717) is 17.5 Å². The van der Waals surface area contributed by atoms with E-state index in [1.807, 2.05) is 18.2 Å². The Balaban J connectivity index is 1.67. The zero-order valence-corrected chi connectivity index (χ0v) is 12.0. The molecule has 3 aromatic rings. The SMILES string of the molecule is c1ccc(-n2c(SCc3ncon3)nnc2C2CC2)cc1. The van der Waals surface area contributed by atoms with Crippen LogP contribution in [-0.2, 0) is 5.75 Å². The molecule has 0 N–H and O–H groups in total. The van der Waals surface area contributed by atoms with Crippen LogP contribution in [0, 0.1) is 0 Å². The Morgan fingerprint density at radius 1 is 1.19 bits per heavy atom. The fourth-order valence-electron chi connectivity index (χ4n) is 2.19. The molecule has 0 amide bonds. The van der Waals surface area contributed by atoms with Gasteiger partial charge in [-0.3, -0.25) is 4.57 Å². The second-order valence-electron chi connectivity index (χ2n) is 4.92. The minimum absolute atomic E-state index is 0.539. The third-order valence-electron chi connectivity index (χ3n) is 3.35. The quantitative estimate of drug-likeness (QED) is 0.675. The molecular formula is C14H13N5OS. The van der Waals surface area contributed by atoms with Gasteiger partial charge in [0.1, 0.15) is 5.82 Å². The highest BCUT2D eigenvalue weighted by Crippen LogP contribution is 2.41. The summed E-state index contributed by atoms with van der Waals surface area (Å²) in [6, 6.07) is 10.2. The van der Waals surface area contributed by atoms with E-state index in [1.54, 1.807) is 11.8 Å². The largest absolute Gasteiger partial charge is 0.343 e. The van der Waals surface area contributed by atoms with Crippen molar-refractivity contribution in [1.29, 1.82) is 0 Å². The van der Waals surface area contributed by atoms with Gasteiger partial charge in [-0.1, -0.05) is 35.1 Å². The average molecular weight is 299 g/mol. The summed E-state index contributed by atoms with van der Waals surface area (Å²) in [5.74, 6) is 2.87. The van der Waals surface area contributed by atoms with E-state index in [9.17, 15) is 0 Å². The summed E-state index contributed by atoms with van der Waals surface area (Å²) < 4.78 is 6.90. The number of nitrogens with zero attached hydrogens (tertiary/aromatic N) is 5. The molecule has 0 atom stereocenters. The predicted molar refractivity (Wildman–Crippen MR) is 77.2 cm³/mol. The molecule has 2 aromatic heterocycles. The van der Waals surface area contributed by atoms with Crippen LogP contribution in [0.2, 0.25) is 0 Å². The molecular weight excluding hydrogens is 286 g/mol. The van der Waals surface area contributed by atoms with Gasteiger partial charge in [-0.25, -0.2) is 0 Å². The van der Waals surface area contributed by atoms with Gasteiger partial charge in [-0.05, 0) is 25.0 Å². The third-order valence-corrected chi connectivity index (χ3v) is 4.28. The van der Waals surface area contributed by atoms with Crippen molar-refractivity contribution >= 4 is 11.8 Å². The molecule has 0 spiro atoms. The minimum Gasteiger partial charge on any atom is -0.343 e. The van der Waals surface area contributed by atoms with E-state index < -0.39 is 0 Å². The van der Waals surface area contributed by atoms with Crippen molar-refractivity contribution in [2.24, 2.45) is 0 Å². The van der Waals surface area contributed by atoms with Gasteiger partial charge >= 0.3 is 0 Å². The Morgan fingerprint density at radius 3 is 2.76 bits per heavy atom. The topological polar surface area (TPSA) is 69.6 Å². The van der Waals surface area contributed by atoms with Crippen molar-refractivity contribution in [1.82, 2.24) is 24.9 Å². The van der Waals surface area contributed by atoms with Gasteiger partial charge in [-0.15, -0.1) is 10.2 Å². The zero-order valence-electron chi connectivity index (χ0n) is 11.2. The molecule has 1 aromatic carbocycles. The van der Waals surface area contributed by atoms with Crippen LogP contribution in [0.25, 0.3) is 5.69 Å². The molecule has 106 valence electrons. The number of aromatic nitrogens is 5. The van der Waals surface area contributed by atoms with Gasteiger partial charge in [0, 0.05) is 11.6 Å².